The van der Waals surface area contributed by atoms with Gasteiger partial charge in [0.1, 0.15) is 17.3 Å². The number of hydrogen-bond donors (Lipinski definition) is 0. The third kappa shape index (κ3) is 3.65. The summed E-state index contributed by atoms with van der Waals surface area (Å²) in [7, 11) is 5.90. The number of nitrogens with zero attached hydrogens (tertiary/aromatic N) is 7. The van der Waals surface area contributed by atoms with Gasteiger partial charge in [0.15, 0.2) is 0 Å². The molecule has 0 N–H and O–H groups in total. The quantitative estimate of drug-likeness (QED) is 0.807. The van der Waals surface area contributed by atoms with Crippen LogP contribution >= 0.6 is 0 Å². The molecule has 0 aromatic carbocycles. The number of amides is 1. The molecule has 1 saturated heterocycles. The fourth-order valence-electron chi connectivity index (χ4n) is 3.71. The summed E-state index contributed by atoms with van der Waals surface area (Å²) in [6.45, 7) is 7.19. The lowest BCUT2D eigenvalue weighted by atomic mass is 9.95. The first kappa shape index (κ1) is 18.6. The van der Waals surface area contributed by atoms with Crippen molar-refractivity contribution in [2.45, 2.75) is 45.7 Å². The Bertz CT molecular complexity index is 769. The molecular formula is C18H29N7O. The van der Waals surface area contributed by atoms with E-state index in [1.165, 1.54) is 0 Å². The highest BCUT2D eigenvalue weighted by atomic mass is 16.2. The summed E-state index contributed by atoms with van der Waals surface area (Å²) in [6.07, 6.45) is 1.84. The summed E-state index contributed by atoms with van der Waals surface area (Å²) in [5, 5.41) is 13.2. The van der Waals surface area contributed by atoms with Crippen LogP contribution in [-0.4, -0.2) is 67.4 Å². The second-order valence-electron chi connectivity index (χ2n) is 7.32. The highest BCUT2D eigenvalue weighted by Gasteiger charge is 2.29. The minimum Gasteiger partial charge on any atom is -0.337 e. The molecule has 2 aromatic rings. The molecule has 26 heavy (non-hydrogen) atoms. The zero-order valence-corrected chi connectivity index (χ0v) is 16.4. The van der Waals surface area contributed by atoms with Crippen LogP contribution in [0.4, 0.5) is 0 Å². The Morgan fingerprint density at radius 2 is 1.96 bits per heavy atom. The number of piperidine rings is 1. The lowest BCUT2D eigenvalue weighted by molar-refractivity contribution is 0.0699. The van der Waals surface area contributed by atoms with Crippen molar-refractivity contribution in [1.82, 2.24) is 34.3 Å². The first-order valence-corrected chi connectivity index (χ1v) is 9.27. The van der Waals surface area contributed by atoms with Gasteiger partial charge >= 0.3 is 0 Å². The lowest BCUT2D eigenvalue weighted by Crippen LogP contribution is -2.39. The van der Waals surface area contributed by atoms with Gasteiger partial charge in [0.05, 0.1) is 12.2 Å². The van der Waals surface area contributed by atoms with Crippen LogP contribution in [0, 0.1) is 6.92 Å². The molecule has 0 unspecified atom stereocenters. The fraction of sp³-hybridized carbons (Fsp3) is 0.667. The average molecular weight is 359 g/mol. The number of aryl methyl sites for hydroxylation is 2. The smallest absolute Gasteiger partial charge is 0.272 e. The van der Waals surface area contributed by atoms with E-state index < -0.39 is 0 Å². The van der Waals surface area contributed by atoms with Crippen molar-refractivity contribution in [3.63, 3.8) is 0 Å². The van der Waals surface area contributed by atoms with Crippen molar-refractivity contribution in [2.24, 2.45) is 7.05 Å². The zero-order chi connectivity index (χ0) is 18.8. The predicted molar refractivity (Wildman–Crippen MR) is 98.9 cm³/mol. The van der Waals surface area contributed by atoms with Crippen LogP contribution in [0.15, 0.2) is 6.07 Å². The summed E-state index contributed by atoms with van der Waals surface area (Å²) in [4.78, 5) is 16.8. The van der Waals surface area contributed by atoms with Gasteiger partial charge in [-0.05, 0) is 46.9 Å². The third-order valence-corrected chi connectivity index (χ3v) is 5.00. The van der Waals surface area contributed by atoms with Crippen molar-refractivity contribution >= 4 is 5.91 Å². The monoisotopic (exact) mass is 359 g/mol. The Kier molecular flexibility index (Phi) is 5.41. The number of rotatable bonds is 5. The van der Waals surface area contributed by atoms with E-state index in [-0.39, 0.29) is 5.91 Å². The molecule has 0 radical (unpaired) electrons. The number of aromatic nitrogens is 5. The van der Waals surface area contributed by atoms with Crippen LogP contribution in [0.25, 0.3) is 0 Å². The summed E-state index contributed by atoms with van der Waals surface area (Å²) >= 11 is 0. The molecule has 0 aliphatic carbocycles. The Balaban J connectivity index is 1.68. The topological polar surface area (TPSA) is 72.1 Å². The highest BCUT2D eigenvalue weighted by molar-refractivity contribution is 5.92. The maximum absolute atomic E-state index is 12.8. The van der Waals surface area contributed by atoms with Crippen LogP contribution < -0.4 is 0 Å². The SMILES string of the molecule is CCn1c(CN(C)C)nnc1C1CCN(C(=O)c2cc(C)nn2C)CC1. The summed E-state index contributed by atoms with van der Waals surface area (Å²) in [6, 6.07) is 1.86. The van der Waals surface area contributed by atoms with E-state index in [2.05, 4.69) is 31.7 Å². The van der Waals surface area contributed by atoms with Gasteiger partial charge in [0.2, 0.25) is 0 Å². The van der Waals surface area contributed by atoms with Crippen molar-refractivity contribution in [2.75, 3.05) is 27.2 Å². The highest BCUT2D eigenvalue weighted by Crippen LogP contribution is 2.28. The number of hydrogen-bond acceptors (Lipinski definition) is 5. The normalized spacial score (nSPS) is 15.8. The van der Waals surface area contributed by atoms with E-state index in [9.17, 15) is 4.79 Å². The summed E-state index contributed by atoms with van der Waals surface area (Å²) in [5.74, 6) is 2.50. The second-order valence-corrected chi connectivity index (χ2v) is 7.32. The third-order valence-electron chi connectivity index (χ3n) is 5.00. The number of carbonyl (C=O) groups excluding carboxylic acids is 1. The second kappa shape index (κ2) is 7.57. The average Bonchev–Trinajstić information content (AvgIpc) is 3.16. The van der Waals surface area contributed by atoms with Gasteiger partial charge in [-0.3, -0.25) is 9.48 Å². The van der Waals surface area contributed by atoms with Gasteiger partial charge in [-0.1, -0.05) is 0 Å². The minimum atomic E-state index is 0.0665. The van der Waals surface area contributed by atoms with E-state index in [4.69, 9.17) is 0 Å². The molecule has 1 aliphatic rings. The zero-order valence-electron chi connectivity index (χ0n) is 16.4. The van der Waals surface area contributed by atoms with Gasteiger partial charge in [-0.15, -0.1) is 10.2 Å². The van der Waals surface area contributed by atoms with E-state index in [0.29, 0.717) is 11.6 Å². The largest absolute Gasteiger partial charge is 0.337 e. The fourth-order valence-corrected chi connectivity index (χ4v) is 3.71. The molecule has 8 heteroatoms. The predicted octanol–water partition coefficient (Wildman–Crippen LogP) is 1.42. The number of likely N-dealkylation sites (tertiary alicyclic amines) is 1. The van der Waals surface area contributed by atoms with Gasteiger partial charge in [0, 0.05) is 32.6 Å². The molecule has 142 valence electrons. The molecule has 1 amide bonds. The first-order chi connectivity index (χ1) is 12.4. The van der Waals surface area contributed by atoms with Crippen molar-refractivity contribution in [3.8, 4) is 0 Å². The Morgan fingerprint density at radius 3 is 2.50 bits per heavy atom. The molecule has 1 fully saturated rings. The van der Waals surface area contributed by atoms with E-state index >= 15 is 0 Å². The van der Waals surface area contributed by atoms with Gasteiger partial charge in [0.25, 0.3) is 5.91 Å². The van der Waals surface area contributed by atoms with Crippen molar-refractivity contribution in [1.29, 1.82) is 0 Å². The first-order valence-electron chi connectivity index (χ1n) is 9.27. The molecular weight excluding hydrogens is 330 g/mol. The van der Waals surface area contributed by atoms with Crippen LogP contribution in [0.1, 0.15) is 53.5 Å². The molecule has 1 aliphatic heterocycles. The maximum Gasteiger partial charge on any atom is 0.272 e. The standard InChI is InChI=1S/C18H29N7O/c1-6-25-16(12-22(3)4)19-20-17(25)14-7-9-24(10-8-14)18(26)15-11-13(2)21-23(15)5/h11,14H,6-10,12H2,1-5H3. The van der Waals surface area contributed by atoms with Crippen molar-refractivity contribution < 1.29 is 4.79 Å². The molecule has 0 saturated carbocycles. The maximum atomic E-state index is 12.8. The molecule has 0 atom stereocenters. The molecule has 0 bridgehead atoms. The van der Waals surface area contributed by atoms with Gasteiger partial charge < -0.3 is 14.4 Å². The van der Waals surface area contributed by atoms with E-state index in [1.807, 2.05) is 39.0 Å². The van der Waals surface area contributed by atoms with Gasteiger partial charge in [-0.2, -0.15) is 5.10 Å². The van der Waals surface area contributed by atoms with E-state index in [0.717, 1.165) is 56.4 Å². The van der Waals surface area contributed by atoms with E-state index in [1.54, 1.807) is 4.68 Å². The molecule has 8 nitrogen and oxygen atoms in total. The lowest BCUT2D eigenvalue weighted by Gasteiger charge is -2.31. The van der Waals surface area contributed by atoms with Crippen LogP contribution in [0.2, 0.25) is 0 Å². The summed E-state index contributed by atoms with van der Waals surface area (Å²) in [5.41, 5.74) is 1.53. The Hall–Kier alpha value is -2.22. The molecule has 3 heterocycles. The Morgan fingerprint density at radius 1 is 1.27 bits per heavy atom. The van der Waals surface area contributed by atoms with Gasteiger partial charge in [-0.25, -0.2) is 0 Å². The molecule has 3 rings (SSSR count). The van der Waals surface area contributed by atoms with Crippen LogP contribution in [0.3, 0.4) is 0 Å². The van der Waals surface area contributed by atoms with Crippen molar-refractivity contribution in [3.05, 3.63) is 29.1 Å². The number of carbonyl (C=O) groups is 1. The van der Waals surface area contributed by atoms with Crippen LogP contribution in [0.5, 0.6) is 0 Å². The molecule has 2 aromatic heterocycles. The molecule has 0 spiro atoms. The summed E-state index contributed by atoms with van der Waals surface area (Å²) < 4.78 is 3.90. The Labute approximate surface area is 154 Å². The van der Waals surface area contributed by atoms with Crippen LogP contribution in [-0.2, 0) is 20.1 Å². The minimum absolute atomic E-state index is 0.0665.